The predicted octanol–water partition coefficient (Wildman–Crippen LogP) is 5.95. The summed E-state index contributed by atoms with van der Waals surface area (Å²) in [6, 6.07) is 3.69. The predicted molar refractivity (Wildman–Crippen MR) is 114 cm³/mol. The molecule has 184 valence electrons. The van der Waals surface area contributed by atoms with Crippen molar-refractivity contribution in [2.24, 2.45) is 0 Å². The van der Waals surface area contributed by atoms with Crippen LogP contribution in [0, 0.1) is 18.6 Å². The maximum atomic E-state index is 15.4. The molecular formula is C23H23F5N2O4. The van der Waals surface area contributed by atoms with Crippen LogP contribution in [0.15, 0.2) is 24.3 Å². The highest BCUT2D eigenvalue weighted by Crippen LogP contribution is 2.42. The lowest BCUT2D eigenvalue weighted by Crippen LogP contribution is -2.44. The van der Waals surface area contributed by atoms with Crippen molar-refractivity contribution in [3.05, 3.63) is 52.6 Å². The topological polar surface area (TPSA) is 67.9 Å². The van der Waals surface area contributed by atoms with Crippen molar-refractivity contribution in [2.45, 2.75) is 59.0 Å². The number of anilines is 2. The van der Waals surface area contributed by atoms with Crippen molar-refractivity contribution in [1.29, 1.82) is 0 Å². The van der Waals surface area contributed by atoms with Gasteiger partial charge in [-0.3, -0.25) is 10.1 Å². The number of halogens is 5. The number of alkyl halides is 3. The number of benzene rings is 2. The monoisotopic (exact) mass is 486 g/mol. The summed E-state index contributed by atoms with van der Waals surface area (Å²) < 4.78 is 78.5. The lowest BCUT2D eigenvalue weighted by Gasteiger charge is -2.34. The standard InChI is InChI=1S/C23H23F5N2O4/c1-11-8-16-19(17(25)18(11)29-21(32)34-22(3,4)5)33-12(2)20(31)30(16)10-13-6-7-14(15(24)9-13)23(26,27)28/h6-9,12H,10H2,1-5H3,(H,29,32). The molecule has 2 amide bonds. The number of nitrogens with one attached hydrogen (secondary N) is 1. The van der Waals surface area contributed by atoms with Crippen LogP contribution in [0.5, 0.6) is 5.75 Å². The minimum Gasteiger partial charge on any atom is -0.476 e. The Morgan fingerprint density at radius 3 is 2.38 bits per heavy atom. The molecule has 1 unspecified atom stereocenters. The molecule has 0 radical (unpaired) electrons. The smallest absolute Gasteiger partial charge is 0.419 e. The highest BCUT2D eigenvalue weighted by Gasteiger charge is 2.37. The van der Waals surface area contributed by atoms with Gasteiger partial charge in [0.25, 0.3) is 5.91 Å². The molecule has 3 rings (SSSR count). The maximum Gasteiger partial charge on any atom is 0.419 e. The fourth-order valence-electron chi connectivity index (χ4n) is 3.41. The summed E-state index contributed by atoms with van der Waals surface area (Å²) in [4.78, 5) is 26.0. The summed E-state index contributed by atoms with van der Waals surface area (Å²) in [5.41, 5.74) is -2.18. The second-order valence-corrected chi connectivity index (χ2v) is 8.85. The molecule has 0 fully saturated rings. The van der Waals surface area contributed by atoms with Crippen LogP contribution >= 0.6 is 0 Å². The van der Waals surface area contributed by atoms with Crippen LogP contribution in [0.3, 0.4) is 0 Å². The average Bonchev–Trinajstić information content (AvgIpc) is 2.67. The SMILES string of the molecule is Cc1cc2c(c(F)c1NC(=O)OC(C)(C)C)OC(C)C(=O)N2Cc1ccc(C(F)(F)F)c(F)c1. The molecular weight excluding hydrogens is 463 g/mol. The van der Waals surface area contributed by atoms with Crippen LogP contribution in [0.4, 0.5) is 38.1 Å². The third kappa shape index (κ3) is 5.23. The van der Waals surface area contributed by atoms with Gasteiger partial charge >= 0.3 is 12.3 Å². The second-order valence-electron chi connectivity index (χ2n) is 8.85. The first kappa shape index (κ1) is 25.3. The molecule has 0 bridgehead atoms. The molecule has 2 aromatic carbocycles. The molecule has 0 saturated carbocycles. The minimum absolute atomic E-state index is 0.00635. The third-order valence-corrected chi connectivity index (χ3v) is 4.90. The van der Waals surface area contributed by atoms with Crippen LogP contribution in [0.1, 0.15) is 44.4 Å². The number of rotatable bonds is 3. The Morgan fingerprint density at radius 2 is 1.82 bits per heavy atom. The Labute approximate surface area is 192 Å². The van der Waals surface area contributed by atoms with Crippen molar-refractivity contribution in [2.75, 3.05) is 10.2 Å². The summed E-state index contributed by atoms with van der Waals surface area (Å²) in [5, 5.41) is 2.33. The second kappa shape index (κ2) is 8.77. The minimum atomic E-state index is -4.86. The largest absolute Gasteiger partial charge is 0.476 e. The number of ether oxygens (including phenoxy) is 2. The lowest BCUT2D eigenvalue weighted by molar-refractivity contribution is -0.140. The summed E-state index contributed by atoms with van der Waals surface area (Å²) in [6.45, 7) is 7.44. The molecule has 11 heteroatoms. The Morgan fingerprint density at radius 1 is 1.18 bits per heavy atom. The van der Waals surface area contributed by atoms with Gasteiger partial charge in [0, 0.05) is 0 Å². The van der Waals surface area contributed by atoms with Gasteiger partial charge in [0.2, 0.25) is 0 Å². The first-order valence-corrected chi connectivity index (χ1v) is 10.2. The lowest BCUT2D eigenvalue weighted by atomic mass is 10.1. The summed E-state index contributed by atoms with van der Waals surface area (Å²) in [5.74, 6) is -3.38. The van der Waals surface area contributed by atoms with E-state index in [0.29, 0.717) is 12.1 Å². The molecule has 2 aromatic rings. The fourth-order valence-corrected chi connectivity index (χ4v) is 3.41. The zero-order valence-corrected chi connectivity index (χ0v) is 19.1. The van der Waals surface area contributed by atoms with Crippen LogP contribution in [0.25, 0.3) is 0 Å². The van der Waals surface area contributed by atoms with E-state index in [1.165, 1.54) is 19.9 Å². The fraction of sp³-hybridized carbons (Fsp3) is 0.391. The molecule has 1 N–H and O–H groups in total. The summed E-state index contributed by atoms with van der Waals surface area (Å²) >= 11 is 0. The molecule has 0 aromatic heterocycles. The van der Waals surface area contributed by atoms with Crippen LogP contribution in [-0.2, 0) is 22.3 Å². The maximum absolute atomic E-state index is 15.4. The van der Waals surface area contributed by atoms with Crippen molar-refractivity contribution in [1.82, 2.24) is 0 Å². The van der Waals surface area contributed by atoms with Crippen LogP contribution < -0.4 is 15.0 Å². The molecule has 0 spiro atoms. The van der Waals surface area contributed by atoms with Gasteiger partial charge in [-0.15, -0.1) is 0 Å². The van der Waals surface area contributed by atoms with Crippen molar-refractivity contribution in [3.8, 4) is 5.75 Å². The number of hydrogen-bond donors (Lipinski definition) is 1. The van der Waals surface area contributed by atoms with Gasteiger partial charge < -0.3 is 14.4 Å². The quantitative estimate of drug-likeness (QED) is 0.545. The first-order chi connectivity index (χ1) is 15.6. The Kier molecular flexibility index (Phi) is 6.51. The van der Waals surface area contributed by atoms with Crippen molar-refractivity contribution < 1.29 is 41.0 Å². The van der Waals surface area contributed by atoms with Gasteiger partial charge in [0.1, 0.15) is 11.4 Å². The van der Waals surface area contributed by atoms with E-state index in [9.17, 15) is 27.2 Å². The number of aryl methyl sites for hydroxylation is 1. The number of carbonyl (C=O) groups excluding carboxylic acids is 2. The van der Waals surface area contributed by atoms with Gasteiger partial charge in [0.05, 0.1) is 23.5 Å². The van der Waals surface area contributed by atoms with Crippen molar-refractivity contribution in [3.63, 3.8) is 0 Å². The summed E-state index contributed by atoms with van der Waals surface area (Å²) in [6.07, 6.45) is -6.90. The molecule has 1 aliphatic heterocycles. The number of amides is 2. The number of hydrogen-bond acceptors (Lipinski definition) is 4. The van der Waals surface area contributed by atoms with E-state index in [4.69, 9.17) is 9.47 Å². The highest BCUT2D eigenvalue weighted by molar-refractivity contribution is 6.01. The molecule has 6 nitrogen and oxygen atoms in total. The van der Waals surface area contributed by atoms with Crippen LogP contribution in [-0.4, -0.2) is 23.7 Å². The van der Waals surface area contributed by atoms with E-state index >= 15 is 4.39 Å². The molecule has 1 atom stereocenters. The van der Waals surface area contributed by atoms with Gasteiger partial charge in [-0.05, 0) is 63.9 Å². The van der Waals surface area contributed by atoms with E-state index < -0.39 is 47.1 Å². The average molecular weight is 486 g/mol. The van der Waals surface area contributed by atoms with E-state index in [0.717, 1.165) is 11.0 Å². The van der Waals surface area contributed by atoms with E-state index in [-0.39, 0.29) is 34.8 Å². The molecule has 0 aliphatic carbocycles. The molecule has 1 heterocycles. The van der Waals surface area contributed by atoms with Crippen LogP contribution in [0.2, 0.25) is 0 Å². The summed E-state index contributed by atoms with van der Waals surface area (Å²) in [7, 11) is 0. The molecule has 34 heavy (non-hydrogen) atoms. The Bertz CT molecular complexity index is 1140. The van der Waals surface area contributed by atoms with Gasteiger partial charge in [-0.1, -0.05) is 6.07 Å². The number of fused-ring (bicyclic) bond motifs is 1. The van der Waals surface area contributed by atoms with Gasteiger partial charge in [-0.25, -0.2) is 13.6 Å². The normalized spacial score (nSPS) is 16.1. The highest BCUT2D eigenvalue weighted by atomic mass is 19.4. The molecule has 1 aliphatic rings. The first-order valence-electron chi connectivity index (χ1n) is 10.2. The Hall–Kier alpha value is -3.37. The third-order valence-electron chi connectivity index (χ3n) is 4.90. The van der Waals surface area contributed by atoms with E-state index in [1.807, 2.05) is 0 Å². The Balaban J connectivity index is 1.98. The van der Waals surface area contributed by atoms with Gasteiger partial charge in [0.15, 0.2) is 17.7 Å². The number of carbonyl (C=O) groups is 2. The number of nitrogens with zero attached hydrogens (tertiary/aromatic N) is 1. The van der Waals surface area contributed by atoms with E-state index in [1.54, 1.807) is 20.8 Å². The van der Waals surface area contributed by atoms with Crippen molar-refractivity contribution >= 4 is 23.4 Å². The zero-order chi connectivity index (χ0) is 25.6. The van der Waals surface area contributed by atoms with Gasteiger partial charge in [-0.2, -0.15) is 13.2 Å². The zero-order valence-electron chi connectivity index (χ0n) is 19.1. The van der Waals surface area contributed by atoms with E-state index in [2.05, 4.69) is 5.32 Å². The molecule has 0 saturated heterocycles.